The summed E-state index contributed by atoms with van der Waals surface area (Å²) in [6.07, 6.45) is 2.35. The second kappa shape index (κ2) is 15.0. The van der Waals surface area contributed by atoms with Crippen LogP contribution in [0.15, 0.2) is 67.3 Å². The smallest absolute Gasteiger partial charge is 0.224 e. The molecule has 0 spiro atoms. The molecule has 2 aromatic rings. The zero-order valence-corrected chi connectivity index (χ0v) is 20.7. The minimum Gasteiger partial charge on any atom is -0.489 e. The Labute approximate surface area is 208 Å². The maximum Gasteiger partial charge on any atom is 0.224 e. The van der Waals surface area contributed by atoms with E-state index in [1.807, 2.05) is 68.4 Å². The summed E-state index contributed by atoms with van der Waals surface area (Å²) in [5, 5.41) is 24.9. The summed E-state index contributed by atoms with van der Waals surface area (Å²) in [4.78, 5) is 25.3. The normalized spacial score (nSPS) is 13.5. The maximum absolute atomic E-state index is 12.7. The van der Waals surface area contributed by atoms with Crippen molar-refractivity contribution < 1.29 is 24.5 Å². The van der Waals surface area contributed by atoms with Crippen LogP contribution < -0.4 is 15.4 Å². The van der Waals surface area contributed by atoms with Crippen LogP contribution in [0.2, 0.25) is 0 Å². The van der Waals surface area contributed by atoms with E-state index in [1.54, 1.807) is 6.08 Å². The molecule has 2 aromatic carbocycles. The van der Waals surface area contributed by atoms with E-state index in [9.17, 15) is 19.8 Å². The lowest BCUT2D eigenvalue weighted by atomic mass is 9.97. The number of hydrogen-bond donors (Lipinski definition) is 4. The molecule has 2 amide bonds. The van der Waals surface area contributed by atoms with E-state index in [0.717, 1.165) is 16.9 Å². The number of allylic oxidation sites excluding steroid dienone is 1. The molecule has 0 aromatic heterocycles. The third kappa shape index (κ3) is 9.92. The van der Waals surface area contributed by atoms with Gasteiger partial charge in [-0.05, 0) is 42.0 Å². The van der Waals surface area contributed by atoms with Gasteiger partial charge in [0.25, 0.3) is 0 Å². The Morgan fingerprint density at radius 2 is 1.66 bits per heavy atom. The van der Waals surface area contributed by atoms with Crippen molar-refractivity contribution in [2.75, 3.05) is 13.2 Å². The first-order valence-corrected chi connectivity index (χ1v) is 12.0. The van der Waals surface area contributed by atoms with Gasteiger partial charge in [0.2, 0.25) is 11.8 Å². The van der Waals surface area contributed by atoms with Crippen LogP contribution in [0.4, 0.5) is 0 Å². The standard InChI is InChI=1S/C28H38N2O5/c1-4-8-23(28(34)30-26(18-32)20(2)3)16-27(33)29-24(17-31)15-21-11-13-25(14-12-21)35-19-22-9-6-5-7-10-22/h4-7,9-14,20,23-24,26,31-32H,1,8,15-19H2,2-3H3,(H,29,33)(H,30,34)/t23-,24-,26+/m0/s1. The highest BCUT2D eigenvalue weighted by Gasteiger charge is 2.25. The van der Waals surface area contributed by atoms with Crippen LogP contribution in [0.3, 0.4) is 0 Å². The summed E-state index contributed by atoms with van der Waals surface area (Å²) in [5.41, 5.74) is 2.03. The number of ether oxygens (including phenoxy) is 1. The molecule has 2 rings (SSSR count). The van der Waals surface area contributed by atoms with Gasteiger partial charge in [-0.25, -0.2) is 0 Å². The summed E-state index contributed by atoms with van der Waals surface area (Å²) >= 11 is 0. The molecule has 7 heteroatoms. The molecule has 0 bridgehead atoms. The fourth-order valence-corrected chi connectivity index (χ4v) is 3.63. The zero-order chi connectivity index (χ0) is 25.6. The Morgan fingerprint density at radius 1 is 0.971 bits per heavy atom. The van der Waals surface area contributed by atoms with Crippen molar-refractivity contribution in [2.24, 2.45) is 11.8 Å². The number of aliphatic hydroxyl groups excluding tert-OH is 2. The first-order valence-electron chi connectivity index (χ1n) is 12.0. The van der Waals surface area contributed by atoms with E-state index >= 15 is 0 Å². The van der Waals surface area contributed by atoms with Crippen LogP contribution in [0, 0.1) is 11.8 Å². The van der Waals surface area contributed by atoms with Crippen molar-refractivity contribution in [3.05, 3.63) is 78.4 Å². The Morgan fingerprint density at radius 3 is 2.23 bits per heavy atom. The lowest BCUT2D eigenvalue weighted by Crippen LogP contribution is -2.46. The molecule has 0 unspecified atom stereocenters. The molecule has 0 heterocycles. The number of carbonyl (C=O) groups is 2. The molecule has 0 radical (unpaired) electrons. The average Bonchev–Trinajstić information content (AvgIpc) is 2.86. The van der Waals surface area contributed by atoms with Crippen LogP contribution in [0.25, 0.3) is 0 Å². The summed E-state index contributed by atoms with van der Waals surface area (Å²) in [5.74, 6) is -0.404. The van der Waals surface area contributed by atoms with Crippen LogP contribution in [0.1, 0.15) is 37.8 Å². The SMILES string of the molecule is C=CC[C@@H](CC(=O)N[C@H](CO)Cc1ccc(OCc2ccccc2)cc1)C(=O)N[C@H](CO)C(C)C. The van der Waals surface area contributed by atoms with Gasteiger partial charge in [0.1, 0.15) is 12.4 Å². The van der Waals surface area contributed by atoms with Crippen LogP contribution >= 0.6 is 0 Å². The van der Waals surface area contributed by atoms with Crippen molar-refractivity contribution >= 4 is 11.8 Å². The fourth-order valence-electron chi connectivity index (χ4n) is 3.63. The first kappa shape index (κ1) is 28.1. The average molecular weight is 483 g/mol. The number of amides is 2. The van der Waals surface area contributed by atoms with E-state index in [-0.39, 0.29) is 43.4 Å². The monoisotopic (exact) mass is 482 g/mol. The molecule has 190 valence electrons. The number of carbonyl (C=O) groups excluding carboxylic acids is 2. The molecule has 0 saturated carbocycles. The van der Waals surface area contributed by atoms with Gasteiger partial charge < -0.3 is 25.6 Å². The number of rotatable bonds is 15. The molecule has 0 aliphatic rings. The van der Waals surface area contributed by atoms with Crippen LogP contribution in [-0.2, 0) is 22.6 Å². The second-order valence-electron chi connectivity index (χ2n) is 9.04. The fraction of sp³-hybridized carbons (Fsp3) is 0.429. The number of hydrogen-bond acceptors (Lipinski definition) is 5. The molecule has 7 nitrogen and oxygen atoms in total. The van der Waals surface area contributed by atoms with Crippen molar-refractivity contribution in [1.29, 1.82) is 0 Å². The van der Waals surface area contributed by atoms with Crippen molar-refractivity contribution in [3.8, 4) is 5.75 Å². The van der Waals surface area contributed by atoms with E-state index in [2.05, 4.69) is 17.2 Å². The third-order valence-corrected chi connectivity index (χ3v) is 5.82. The maximum atomic E-state index is 12.7. The van der Waals surface area contributed by atoms with E-state index in [4.69, 9.17) is 4.74 Å². The number of nitrogens with one attached hydrogen (secondary N) is 2. The van der Waals surface area contributed by atoms with Crippen molar-refractivity contribution in [3.63, 3.8) is 0 Å². The predicted molar refractivity (Wildman–Crippen MR) is 137 cm³/mol. The molecule has 3 atom stereocenters. The Hall–Kier alpha value is -3.16. The lowest BCUT2D eigenvalue weighted by Gasteiger charge is -2.24. The second-order valence-corrected chi connectivity index (χ2v) is 9.04. The lowest BCUT2D eigenvalue weighted by molar-refractivity contribution is -0.131. The first-order chi connectivity index (χ1) is 16.9. The quantitative estimate of drug-likeness (QED) is 0.292. The molecule has 0 fully saturated rings. The summed E-state index contributed by atoms with van der Waals surface area (Å²) in [6.45, 7) is 7.58. The van der Waals surface area contributed by atoms with E-state index in [1.165, 1.54) is 0 Å². The van der Waals surface area contributed by atoms with Gasteiger partial charge in [0.15, 0.2) is 0 Å². The van der Waals surface area contributed by atoms with Gasteiger partial charge in [-0.2, -0.15) is 0 Å². The highest BCUT2D eigenvalue weighted by molar-refractivity contribution is 5.86. The molecule has 4 N–H and O–H groups in total. The molecule has 0 aliphatic heterocycles. The Kier molecular flexibility index (Phi) is 12.0. The highest BCUT2D eigenvalue weighted by Crippen LogP contribution is 2.16. The highest BCUT2D eigenvalue weighted by atomic mass is 16.5. The summed E-state index contributed by atoms with van der Waals surface area (Å²) in [7, 11) is 0. The Balaban J connectivity index is 1.88. The van der Waals surface area contributed by atoms with Gasteiger partial charge in [0, 0.05) is 6.42 Å². The summed E-state index contributed by atoms with van der Waals surface area (Å²) in [6, 6.07) is 16.6. The molecular weight excluding hydrogens is 444 g/mol. The van der Waals surface area contributed by atoms with Crippen molar-refractivity contribution in [2.45, 2.75) is 51.8 Å². The van der Waals surface area contributed by atoms with Gasteiger partial charge in [-0.15, -0.1) is 6.58 Å². The van der Waals surface area contributed by atoms with Gasteiger partial charge >= 0.3 is 0 Å². The van der Waals surface area contributed by atoms with Crippen LogP contribution in [0.5, 0.6) is 5.75 Å². The van der Waals surface area contributed by atoms with Crippen LogP contribution in [-0.4, -0.2) is 47.3 Å². The minimum absolute atomic E-state index is 0.0309. The molecular formula is C28H38N2O5. The third-order valence-electron chi connectivity index (χ3n) is 5.82. The molecule has 35 heavy (non-hydrogen) atoms. The largest absolute Gasteiger partial charge is 0.489 e. The van der Waals surface area contributed by atoms with Crippen molar-refractivity contribution in [1.82, 2.24) is 10.6 Å². The minimum atomic E-state index is -0.597. The van der Waals surface area contributed by atoms with Gasteiger partial charge in [-0.1, -0.05) is 62.4 Å². The predicted octanol–water partition coefficient (Wildman–Crippen LogP) is 3.00. The zero-order valence-electron chi connectivity index (χ0n) is 20.7. The molecule has 0 aliphatic carbocycles. The van der Waals surface area contributed by atoms with Gasteiger partial charge in [-0.3, -0.25) is 9.59 Å². The van der Waals surface area contributed by atoms with E-state index in [0.29, 0.717) is 19.4 Å². The Bertz CT molecular complexity index is 915. The van der Waals surface area contributed by atoms with Gasteiger partial charge in [0.05, 0.1) is 31.2 Å². The topological polar surface area (TPSA) is 108 Å². The number of benzene rings is 2. The summed E-state index contributed by atoms with van der Waals surface area (Å²) < 4.78 is 5.80. The number of aliphatic hydroxyl groups is 2. The molecule has 0 saturated heterocycles. The van der Waals surface area contributed by atoms with E-state index < -0.39 is 12.0 Å².